The van der Waals surface area contributed by atoms with Gasteiger partial charge in [-0.2, -0.15) is 5.26 Å². The molecule has 2 saturated carbocycles. The number of methoxy groups -OCH3 is 1. The average Bonchev–Trinajstić information content (AvgIpc) is 3.59. The van der Waals surface area contributed by atoms with Gasteiger partial charge >= 0.3 is 0 Å². The average molecular weight is 454 g/mol. The summed E-state index contributed by atoms with van der Waals surface area (Å²) < 4.78 is 11.2. The van der Waals surface area contributed by atoms with Crippen molar-refractivity contribution in [1.29, 1.82) is 5.26 Å². The summed E-state index contributed by atoms with van der Waals surface area (Å²) in [5, 5.41) is 21.7. The van der Waals surface area contributed by atoms with Crippen LogP contribution in [0, 0.1) is 17.2 Å². The first-order chi connectivity index (χ1) is 13.9. The predicted octanol–water partition coefficient (Wildman–Crippen LogP) is 5.29. The van der Waals surface area contributed by atoms with E-state index in [1.165, 1.54) is 12.8 Å². The molecule has 2 aliphatic rings. The molecular formula is C22H31NO3S3. The molecule has 3 rings (SSSR count). The molecule has 0 radical (unpaired) electrons. The number of ether oxygens (including phenoxy) is 2. The number of aliphatic hydroxyl groups is 1. The zero-order valence-corrected chi connectivity index (χ0v) is 20.1. The first-order valence-corrected chi connectivity index (χ1v) is 13.7. The van der Waals surface area contributed by atoms with Gasteiger partial charge in [0.15, 0.2) is 11.5 Å². The number of nitrogens with zero attached hydrogens (tertiary/aromatic N) is 1. The van der Waals surface area contributed by atoms with E-state index in [-0.39, 0.29) is 3.41 Å². The molecule has 2 aliphatic carbocycles. The molecule has 1 aromatic rings. The van der Waals surface area contributed by atoms with Crippen molar-refractivity contribution in [1.82, 2.24) is 0 Å². The van der Waals surface area contributed by atoms with Crippen molar-refractivity contribution in [3.8, 4) is 17.6 Å². The molecule has 2 fully saturated rings. The van der Waals surface area contributed by atoms with E-state index in [1.54, 1.807) is 42.4 Å². The lowest BCUT2D eigenvalue weighted by Crippen LogP contribution is -2.52. The topological polar surface area (TPSA) is 62.5 Å². The molecule has 0 saturated heterocycles. The minimum absolute atomic E-state index is 0.312. The second kappa shape index (κ2) is 9.21. The van der Waals surface area contributed by atoms with Gasteiger partial charge in [0.2, 0.25) is 0 Å². The molecule has 29 heavy (non-hydrogen) atoms. The molecule has 0 unspecified atom stereocenters. The number of rotatable bonds is 9. The molecule has 0 bridgehead atoms. The van der Waals surface area contributed by atoms with E-state index in [0.717, 1.165) is 11.3 Å². The van der Waals surface area contributed by atoms with Crippen LogP contribution in [0.5, 0.6) is 11.5 Å². The Kier molecular flexibility index (Phi) is 7.31. The van der Waals surface area contributed by atoms with Crippen LogP contribution in [0.4, 0.5) is 0 Å². The Labute approximate surface area is 187 Å². The van der Waals surface area contributed by atoms with Crippen LogP contribution in [0.15, 0.2) is 18.2 Å². The van der Waals surface area contributed by atoms with E-state index >= 15 is 0 Å². The van der Waals surface area contributed by atoms with Gasteiger partial charge in [-0.3, -0.25) is 0 Å². The number of thioether (sulfide) groups is 3. The molecule has 0 spiro atoms. The van der Waals surface area contributed by atoms with Crippen LogP contribution in [-0.2, 0) is 5.41 Å². The summed E-state index contributed by atoms with van der Waals surface area (Å²) in [6, 6.07) is 8.47. The third-order valence-electron chi connectivity index (χ3n) is 6.41. The summed E-state index contributed by atoms with van der Waals surface area (Å²) in [4.78, 5) is 0. The van der Waals surface area contributed by atoms with Crippen molar-refractivity contribution in [2.24, 2.45) is 5.92 Å². The van der Waals surface area contributed by atoms with E-state index in [1.807, 2.05) is 18.2 Å². The molecule has 160 valence electrons. The third-order valence-corrected chi connectivity index (χ3v) is 12.2. The third kappa shape index (κ3) is 4.37. The van der Waals surface area contributed by atoms with E-state index in [9.17, 15) is 10.4 Å². The first-order valence-electron chi connectivity index (χ1n) is 10.0. The fourth-order valence-corrected chi connectivity index (χ4v) is 8.01. The molecular weight excluding hydrogens is 422 g/mol. The van der Waals surface area contributed by atoms with Gasteiger partial charge in [0, 0.05) is 0 Å². The summed E-state index contributed by atoms with van der Waals surface area (Å²) in [7, 11) is 1.65. The minimum Gasteiger partial charge on any atom is -0.493 e. The number of nitriles is 1. The van der Waals surface area contributed by atoms with Gasteiger partial charge in [-0.05, 0) is 80.9 Å². The van der Waals surface area contributed by atoms with Crippen LogP contribution in [-0.4, -0.2) is 46.6 Å². The van der Waals surface area contributed by atoms with Crippen molar-refractivity contribution in [3.05, 3.63) is 23.8 Å². The molecule has 0 aromatic heterocycles. The Morgan fingerprint density at radius 2 is 1.72 bits per heavy atom. The second-order valence-corrected chi connectivity index (χ2v) is 11.9. The fourth-order valence-electron chi connectivity index (χ4n) is 4.26. The smallest absolute Gasteiger partial charge is 0.161 e. The first kappa shape index (κ1) is 23.0. The van der Waals surface area contributed by atoms with E-state index < -0.39 is 11.0 Å². The molecule has 0 heterocycles. The Morgan fingerprint density at radius 3 is 2.21 bits per heavy atom. The highest BCUT2D eigenvalue weighted by Crippen LogP contribution is 2.58. The normalized spacial score (nSPS) is 27.3. The Balaban J connectivity index is 1.84. The minimum atomic E-state index is -0.802. The number of hydrogen-bond acceptors (Lipinski definition) is 7. The quantitative estimate of drug-likeness (QED) is 0.509. The van der Waals surface area contributed by atoms with Gasteiger partial charge in [-0.15, -0.1) is 35.3 Å². The van der Waals surface area contributed by atoms with Crippen molar-refractivity contribution in [3.63, 3.8) is 0 Å². The van der Waals surface area contributed by atoms with Crippen molar-refractivity contribution < 1.29 is 14.6 Å². The van der Waals surface area contributed by atoms with Gasteiger partial charge in [0.1, 0.15) is 3.41 Å². The molecule has 0 aliphatic heterocycles. The maximum Gasteiger partial charge on any atom is 0.161 e. The molecule has 4 nitrogen and oxygen atoms in total. The highest BCUT2D eigenvalue weighted by Gasteiger charge is 2.54. The standard InChI is InChI=1S/C22H31NO3S3/c1-25-18-8-7-17(13-19(18)26-14-16-5-6-16)20(15-23)9-11-21(24,12-10-20)22(27-2,28-3)29-4/h7-8,13,16,24H,5-6,9-12,14H2,1-4H3. The molecule has 1 aromatic carbocycles. The van der Waals surface area contributed by atoms with Crippen LogP contribution < -0.4 is 9.47 Å². The Morgan fingerprint density at radius 1 is 1.10 bits per heavy atom. The van der Waals surface area contributed by atoms with Gasteiger partial charge in [-0.25, -0.2) is 0 Å². The Bertz CT molecular complexity index is 740. The van der Waals surface area contributed by atoms with E-state index in [0.29, 0.717) is 44.0 Å². The predicted molar refractivity (Wildman–Crippen MR) is 125 cm³/mol. The summed E-state index contributed by atoms with van der Waals surface area (Å²) >= 11 is 5.12. The van der Waals surface area contributed by atoms with Crippen molar-refractivity contribution in [2.45, 2.75) is 53.0 Å². The highest BCUT2D eigenvalue weighted by molar-refractivity contribution is 8.33. The largest absolute Gasteiger partial charge is 0.493 e. The summed E-state index contributed by atoms with van der Waals surface area (Å²) in [5.74, 6) is 2.08. The van der Waals surface area contributed by atoms with Gasteiger partial charge in [0.05, 0.1) is 30.8 Å². The monoisotopic (exact) mass is 453 g/mol. The summed E-state index contributed by atoms with van der Waals surface area (Å²) in [6.07, 6.45) is 11.1. The molecule has 0 amide bonds. The lowest BCUT2D eigenvalue weighted by molar-refractivity contribution is -0.000261. The molecule has 1 N–H and O–H groups in total. The lowest BCUT2D eigenvalue weighted by atomic mass is 9.66. The SMILES string of the molecule is COc1ccc(C2(C#N)CCC(O)(C(SC)(SC)SC)CC2)cc1OCC1CC1. The van der Waals surface area contributed by atoms with E-state index in [2.05, 4.69) is 24.8 Å². The van der Waals surface area contributed by atoms with Crippen molar-refractivity contribution in [2.75, 3.05) is 32.5 Å². The van der Waals surface area contributed by atoms with Crippen LogP contribution in [0.2, 0.25) is 0 Å². The zero-order valence-electron chi connectivity index (χ0n) is 17.7. The van der Waals surface area contributed by atoms with Crippen LogP contribution >= 0.6 is 35.3 Å². The second-order valence-electron chi connectivity index (χ2n) is 8.01. The van der Waals surface area contributed by atoms with Gasteiger partial charge in [0.25, 0.3) is 0 Å². The van der Waals surface area contributed by atoms with Gasteiger partial charge < -0.3 is 14.6 Å². The van der Waals surface area contributed by atoms with Crippen molar-refractivity contribution >= 4 is 35.3 Å². The number of benzene rings is 1. The highest BCUT2D eigenvalue weighted by atomic mass is 32.3. The number of hydrogen-bond donors (Lipinski definition) is 1. The van der Waals surface area contributed by atoms with E-state index in [4.69, 9.17) is 9.47 Å². The lowest BCUT2D eigenvalue weighted by Gasteiger charge is -2.49. The Hall–Kier alpha value is -0.680. The molecule has 7 heteroatoms. The van der Waals surface area contributed by atoms with Crippen LogP contribution in [0.1, 0.15) is 44.1 Å². The van der Waals surface area contributed by atoms with Gasteiger partial charge in [-0.1, -0.05) is 6.07 Å². The summed E-state index contributed by atoms with van der Waals surface area (Å²) in [5.41, 5.74) is -0.433. The van der Waals surface area contributed by atoms with Crippen LogP contribution in [0.25, 0.3) is 0 Å². The summed E-state index contributed by atoms with van der Waals surface area (Å²) in [6.45, 7) is 0.705. The maximum absolute atomic E-state index is 11.5. The molecule has 0 atom stereocenters. The van der Waals surface area contributed by atoms with Crippen LogP contribution in [0.3, 0.4) is 0 Å². The maximum atomic E-state index is 11.5. The zero-order chi connectivity index (χ0) is 21.1. The fraction of sp³-hybridized carbons (Fsp3) is 0.682.